The molecule has 0 radical (unpaired) electrons. The first kappa shape index (κ1) is 19.7. The molecule has 0 aliphatic carbocycles. The molecule has 0 fully saturated rings. The van der Waals surface area contributed by atoms with Crippen molar-refractivity contribution < 1.29 is 14.7 Å². The molecule has 0 aromatic heterocycles. The highest BCUT2D eigenvalue weighted by molar-refractivity contribution is 5.76. The number of nitrogens with zero attached hydrogens (tertiary/aromatic N) is 1. The molecular formula is C16H32N2O3. The second-order valence-corrected chi connectivity index (χ2v) is 6.47. The molecule has 0 aromatic rings. The molecule has 0 aromatic carbocycles. The summed E-state index contributed by atoms with van der Waals surface area (Å²) in [6.45, 7) is 8.84. The Balaban J connectivity index is 4.03. The Hall–Kier alpha value is -1.26. The minimum Gasteiger partial charge on any atom is -0.481 e. The fraction of sp³-hybridized carbons (Fsp3) is 0.875. The third kappa shape index (κ3) is 10.2. The number of hydrogen-bond donors (Lipinski definition) is 2. The predicted molar refractivity (Wildman–Crippen MR) is 85.5 cm³/mol. The van der Waals surface area contributed by atoms with Crippen LogP contribution in [-0.2, 0) is 4.79 Å². The number of carbonyl (C=O) groups is 2. The molecule has 5 nitrogen and oxygen atoms in total. The lowest BCUT2D eigenvalue weighted by molar-refractivity contribution is -0.137. The van der Waals surface area contributed by atoms with Gasteiger partial charge in [-0.1, -0.05) is 39.0 Å². The van der Waals surface area contributed by atoms with Gasteiger partial charge in [0.15, 0.2) is 0 Å². The number of rotatable bonds is 10. The molecule has 5 heteroatoms. The van der Waals surface area contributed by atoms with Crippen LogP contribution in [0.15, 0.2) is 0 Å². The summed E-state index contributed by atoms with van der Waals surface area (Å²) in [5, 5.41) is 11.7. The van der Waals surface area contributed by atoms with E-state index in [1.54, 1.807) is 4.90 Å². The van der Waals surface area contributed by atoms with Crippen LogP contribution in [0.3, 0.4) is 0 Å². The molecule has 0 atom stereocenters. The molecule has 0 aliphatic rings. The SMILES string of the molecule is CCCCCCCCNC(=O)N(CCC(=O)O)C(C)(C)C. The van der Waals surface area contributed by atoms with Crippen molar-refractivity contribution in [2.24, 2.45) is 0 Å². The maximum Gasteiger partial charge on any atom is 0.317 e. The van der Waals surface area contributed by atoms with Crippen molar-refractivity contribution in [3.63, 3.8) is 0 Å². The number of carboxylic acid groups (broad SMARTS) is 1. The Morgan fingerprint density at radius 2 is 1.62 bits per heavy atom. The average molecular weight is 300 g/mol. The van der Waals surface area contributed by atoms with Gasteiger partial charge in [0.1, 0.15) is 0 Å². The van der Waals surface area contributed by atoms with E-state index in [4.69, 9.17) is 5.11 Å². The normalized spacial score (nSPS) is 11.2. The van der Waals surface area contributed by atoms with Gasteiger partial charge >= 0.3 is 12.0 Å². The fourth-order valence-corrected chi connectivity index (χ4v) is 2.15. The van der Waals surface area contributed by atoms with E-state index in [0.29, 0.717) is 6.54 Å². The summed E-state index contributed by atoms with van der Waals surface area (Å²) in [5.74, 6) is -0.882. The summed E-state index contributed by atoms with van der Waals surface area (Å²) in [7, 11) is 0. The molecule has 0 aliphatic heterocycles. The molecular weight excluding hydrogens is 268 g/mol. The lowest BCUT2D eigenvalue weighted by Crippen LogP contribution is -2.51. The average Bonchev–Trinajstić information content (AvgIpc) is 2.35. The Kier molecular flexibility index (Phi) is 9.84. The highest BCUT2D eigenvalue weighted by atomic mass is 16.4. The predicted octanol–water partition coefficient (Wildman–Crippen LogP) is 3.63. The van der Waals surface area contributed by atoms with E-state index in [2.05, 4.69) is 12.2 Å². The minimum atomic E-state index is -0.882. The summed E-state index contributed by atoms with van der Waals surface area (Å²) in [5.41, 5.74) is -0.374. The van der Waals surface area contributed by atoms with Gasteiger partial charge in [0.05, 0.1) is 6.42 Å². The van der Waals surface area contributed by atoms with E-state index >= 15 is 0 Å². The molecule has 0 heterocycles. The number of hydrogen-bond acceptors (Lipinski definition) is 2. The molecule has 2 N–H and O–H groups in total. The monoisotopic (exact) mass is 300 g/mol. The summed E-state index contributed by atoms with van der Waals surface area (Å²) in [4.78, 5) is 24.4. The van der Waals surface area contributed by atoms with Crippen LogP contribution in [-0.4, -0.2) is 40.6 Å². The van der Waals surface area contributed by atoms with E-state index in [9.17, 15) is 9.59 Å². The van der Waals surface area contributed by atoms with Gasteiger partial charge in [-0.3, -0.25) is 4.79 Å². The maximum absolute atomic E-state index is 12.2. The molecule has 2 amide bonds. The van der Waals surface area contributed by atoms with Gasteiger partial charge in [-0.2, -0.15) is 0 Å². The van der Waals surface area contributed by atoms with Gasteiger partial charge in [0.2, 0.25) is 0 Å². The minimum absolute atomic E-state index is 0.0261. The number of carboxylic acids is 1. The van der Waals surface area contributed by atoms with Gasteiger partial charge in [0, 0.05) is 18.6 Å². The molecule has 0 unspecified atom stereocenters. The maximum atomic E-state index is 12.2. The van der Waals surface area contributed by atoms with Crippen LogP contribution >= 0.6 is 0 Å². The lowest BCUT2D eigenvalue weighted by Gasteiger charge is -2.35. The number of carbonyl (C=O) groups excluding carboxylic acids is 1. The topological polar surface area (TPSA) is 69.6 Å². The molecule has 124 valence electrons. The quantitative estimate of drug-likeness (QED) is 0.605. The second-order valence-electron chi connectivity index (χ2n) is 6.47. The number of nitrogens with one attached hydrogen (secondary N) is 1. The van der Waals surface area contributed by atoms with E-state index in [-0.39, 0.29) is 24.5 Å². The smallest absolute Gasteiger partial charge is 0.317 e. The van der Waals surface area contributed by atoms with Crippen molar-refractivity contribution in [3.8, 4) is 0 Å². The van der Waals surface area contributed by atoms with Gasteiger partial charge in [-0.25, -0.2) is 4.79 Å². The lowest BCUT2D eigenvalue weighted by atomic mass is 10.1. The Morgan fingerprint density at radius 3 is 2.14 bits per heavy atom. The van der Waals surface area contributed by atoms with E-state index in [1.165, 1.54) is 25.7 Å². The zero-order valence-electron chi connectivity index (χ0n) is 14.1. The number of aliphatic carboxylic acids is 1. The molecule has 21 heavy (non-hydrogen) atoms. The van der Waals surface area contributed by atoms with Crippen LogP contribution in [0.1, 0.15) is 72.6 Å². The molecule has 0 spiro atoms. The van der Waals surface area contributed by atoms with Gasteiger partial charge in [0.25, 0.3) is 0 Å². The van der Waals surface area contributed by atoms with Gasteiger partial charge in [-0.15, -0.1) is 0 Å². The van der Waals surface area contributed by atoms with Crippen LogP contribution in [0.4, 0.5) is 4.79 Å². The summed E-state index contributed by atoms with van der Waals surface area (Å²) in [6, 6.07) is -0.169. The zero-order valence-corrected chi connectivity index (χ0v) is 14.1. The first-order chi connectivity index (χ1) is 9.79. The Morgan fingerprint density at radius 1 is 1.05 bits per heavy atom. The van der Waals surface area contributed by atoms with Gasteiger partial charge < -0.3 is 15.3 Å². The highest BCUT2D eigenvalue weighted by Gasteiger charge is 2.26. The third-order valence-electron chi connectivity index (χ3n) is 3.41. The summed E-state index contributed by atoms with van der Waals surface area (Å²) in [6.07, 6.45) is 7.07. The standard InChI is InChI=1S/C16H32N2O3/c1-5-6-7-8-9-10-12-17-15(21)18(16(2,3)4)13-11-14(19)20/h5-13H2,1-4H3,(H,17,21)(H,19,20). The van der Waals surface area contributed by atoms with Crippen molar-refractivity contribution in [2.75, 3.05) is 13.1 Å². The van der Waals surface area contributed by atoms with Crippen LogP contribution in [0.2, 0.25) is 0 Å². The van der Waals surface area contributed by atoms with Crippen molar-refractivity contribution in [1.82, 2.24) is 10.2 Å². The van der Waals surface area contributed by atoms with E-state index in [1.807, 2.05) is 20.8 Å². The second kappa shape index (κ2) is 10.5. The third-order valence-corrected chi connectivity index (χ3v) is 3.41. The van der Waals surface area contributed by atoms with Crippen molar-refractivity contribution in [2.45, 2.75) is 78.2 Å². The summed E-state index contributed by atoms with van der Waals surface area (Å²) < 4.78 is 0. The highest BCUT2D eigenvalue weighted by Crippen LogP contribution is 2.14. The molecule has 0 bridgehead atoms. The Bertz CT molecular complexity index is 311. The van der Waals surface area contributed by atoms with Gasteiger partial charge in [-0.05, 0) is 27.2 Å². The molecule has 0 saturated heterocycles. The fourth-order valence-electron chi connectivity index (χ4n) is 2.15. The van der Waals surface area contributed by atoms with E-state index < -0.39 is 5.97 Å². The van der Waals surface area contributed by atoms with Crippen molar-refractivity contribution >= 4 is 12.0 Å². The van der Waals surface area contributed by atoms with Crippen LogP contribution < -0.4 is 5.32 Å². The van der Waals surface area contributed by atoms with Crippen molar-refractivity contribution in [3.05, 3.63) is 0 Å². The summed E-state index contributed by atoms with van der Waals surface area (Å²) >= 11 is 0. The first-order valence-corrected chi connectivity index (χ1v) is 8.06. The molecule has 0 rings (SSSR count). The Labute approximate surface area is 129 Å². The first-order valence-electron chi connectivity index (χ1n) is 8.06. The number of urea groups is 1. The number of amides is 2. The van der Waals surface area contributed by atoms with E-state index in [0.717, 1.165) is 12.8 Å². The largest absolute Gasteiger partial charge is 0.481 e. The van der Waals surface area contributed by atoms with Crippen LogP contribution in [0, 0.1) is 0 Å². The molecule has 0 saturated carbocycles. The van der Waals surface area contributed by atoms with Crippen molar-refractivity contribution in [1.29, 1.82) is 0 Å². The van der Waals surface area contributed by atoms with Crippen LogP contribution in [0.5, 0.6) is 0 Å². The number of unbranched alkanes of at least 4 members (excludes halogenated alkanes) is 5. The van der Waals surface area contributed by atoms with Crippen LogP contribution in [0.25, 0.3) is 0 Å². The zero-order chi connectivity index (χ0) is 16.3.